The van der Waals surface area contributed by atoms with Crippen molar-refractivity contribution in [3.63, 3.8) is 0 Å². The maximum atomic E-state index is 9.12. The van der Waals surface area contributed by atoms with Crippen molar-refractivity contribution >= 4 is 11.6 Å². The van der Waals surface area contributed by atoms with E-state index in [2.05, 4.69) is 13.8 Å². The Balaban J connectivity index is 0.000000204. The van der Waals surface area contributed by atoms with Gasteiger partial charge in [0, 0.05) is 11.1 Å². The van der Waals surface area contributed by atoms with Crippen LogP contribution in [0.2, 0.25) is 5.02 Å². The molecule has 4 heteroatoms. The molecule has 2 aromatic carbocycles. The minimum absolute atomic E-state index is 0.153. The Bertz CT molecular complexity index is 580. The van der Waals surface area contributed by atoms with Crippen LogP contribution in [-0.2, 0) is 0 Å². The molecule has 0 aromatic heterocycles. The van der Waals surface area contributed by atoms with E-state index >= 15 is 0 Å². The Morgan fingerprint density at radius 2 is 1.55 bits per heavy atom. The molecule has 0 saturated carbocycles. The highest BCUT2D eigenvalue weighted by molar-refractivity contribution is 6.30. The van der Waals surface area contributed by atoms with Crippen LogP contribution in [0.3, 0.4) is 0 Å². The minimum atomic E-state index is -0.192. The van der Waals surface area contributed by atoms with Crippen molar-refractivity contribution in [2.75, 3.05) is 0 Å². The number of rotatable bonds is 1. The molecule has 0 bridgehead atoms. The van der Waals surface area contributed by atoms with E-state index < -0.39 is 0 Å². The van der Waals surface area contributed by atoms with Gasteiger partial charge in [-0.1, -0.05) is 31.5 Å². The average molecular weight is 295 g/mol. The topological polar surface area (TPSA) is 60.7 Å². The van der Waals surface area contributed by atoms with Crippen LogP contribution in [0, 0.1) is 6.92 Å². The van der Waals surface area contributed by atoms with E-state index in [-0.39, 0.29) is 11.5 Å². The summed E-state index contributed by atoms with van der Waals surface area (Å²) in [5.74, 6) is 0.546. The van der Waals surface area contributed by atoms with E-state index in [4.69, 9.17) is 26.9 Å². The quantitative estimate of drug-likeness (QED) is 0.675. The molecule has 20 heavy (non-hydrogen) atoms. The van der Waals surface area contributed by atoms with Gasteiger partial charge < -0.3 is 15.3 Å². The van der Waals surface area contributed by atoms with Gasteiger partial charge in [-0.25, -0.2) is 0 Å². The van der Waals surface area contributed by atoms with Gasteiger partial charge in [0.05, 0.1) is 0 Å². The van der Waals surface area contributed by atoms with E-state index in [1.54, 1.807) is 12.1 Å². The van der Waals surface area contributed by atoms with Crippen LogP contribution in [0.25, 0.3) is 0 Å². The lowest BCUT2D eigenvalue weighted by Crippen LogP contribution is -1.90. The summed E-state index contributed by atoms with van der Waals surface area (Å²) in [6, 6.07) is 9.62. The first-order chi connectivity index (χ1) is 9.31. The summed E-state index contributed by atoms with van der Waals surface area (Å²) in [6.07, 6.45) is 0. The van der Waals surface area contributed by atoms with Crippen LogP contribution in [0.1, 0.15) is 30.9 Å². The van der Waals surface area contributed by atoms with Crippen molar-refractivity contribution < 1.29 is 15.3 Å². The Morgan fingerprint density at radius 3 is 2.00 bits per heavy atom. The number of aromatic hydroxyl groups is 3. The molecule has 3 nitrogen and oxygen atoms in total. The van der Waals surface area contributed by atoms with E-state index in [1.807, 2.05) is 13.0 Å². The monoisotopic (exact) mass is 294 g/mol. The average Bonchev–Trinajstić information content (AvgIpc) is 2.34. The lowest BCUT2D eigenvalue weighted by Gasteiger charge is -2.08. The highest BCUT2D eigenvalue weighted by Gasteiger charge is 2.02. The second-order valence-electron chi connectivity index (χ2n) is 4.83. The molecule has 0 amide bonds. The van der Waals surface area contributed by atoms with Crippen LogP contribution >= 0.6 is 11.6 Å². The summed E-state index contributed by atoms with van der Waals surface area (Å²) in [6.45, 7) is 6.33. The molecule has 108 valence electrons. The molecule has 0 unspecified atom stereocenters. The van der Waals surface area contributed by atoms with Gasteiger partial charge in [0.15, 0.2) is 11.5 Å². The molecule has 0 aliphatic rings. The minimum Gasteiger partial charge on any atom is -0.508 e. The molecular weight excluding hydrogens is 276 g/mol. The summed E-state index contributed by atoms with van der Waals surface area (Å²) in [4.78, 5) is 0. The van der Waals surface area contributed by atoms with Crippen LogP contribution in [-0.4, -0.2) is 15.3 Å². The molecule has 0 aliphatic carbocycles. The molecule has 0 saturated heterocycles. The summed E-state index contributed by atoms with van der Waals surface area (Å²) >= 11 is 5.45. The molecule has 0 aliphatic heterocycles. The third kappa shape index (κ3) is 4.67. The van der Waals surface area contributed by atoms with E-state index in [0.717, 1.165) is 0 Å². The molecule has 2 rings (SSSR count). The molecule has 0 radical (unpaired) electrons. The van der Waals surface area contributed by atoms with Gasteiger partial charge in [0.1, 0.15) is 5.75 Å². The van der Waals surface area contributed by atoms with Crippen molar-refractivity contribution in [1.82, 2.24) is 0 Å². The highest BCUT2D eigenvalue weighted by Crippen LogP contribution is 2.26. The van der Waals surface area contributed by atoms with Gasteiger partial charge in [0.25, 0.3) is 0 Å². The second-order valence-corrected chi connectivity index (χ2v) is 5.27. The zero-order valence-electron chi connectivity index (χ0n) is 11.8. The van der Waals surface area contributed by atoms with Gasteiger partial charge in [-0.3, -0.25) is 0 Å². The first-order valence-corrected chi connectivity index (χ1v) is 6.66. The Labute approximate surface area is 124 Å². The molecule has 0 spiro atoms. The van der Waals surface area contributed by atoms with Crippen molar-refractivity contribution in [2.45, 2.75) is 26.7 Å². The summed E-state index contributed by atoms with van der Waals surface area (Å²) < 4.78 is 0. The lowest BCUT2D eigenvalue weighted by molar-refractivity contribution is 0.404. The van der Waals surface area contributed by atoms with Gasteiger partial charge in [-0.15, -0.1) is 0 Å². The fourth-order valence-corrected chi connectivity index (χ4v) is 1.97. The van der Waals surface area contributed by atoms with Gasteiger partial charge in [-0.2, -0.15) is 0 Å². The van der Waals surface area contributed by atoms with Crippen LogP contribution in [0.4, 0.5) is 0 Å². The Hall–Kier alpha value is -1.87. The summed E-state index contributed by atoms with van der Waals surface area (Å²) in [5.41, 5.74) is 2.47. The maximum absolute atomic E-state index is 9.12. The Kier molecular flexibility index (Phi) is 5.71. The smallest absolute Gasteiger partial charge is 0.158 e. The zero-order chi connectivity index (χ0) is 15.3. The number of halogens is 1. The summed E-state index contributed by atoms with van der Waals surface area (Å²) in [7, 11) is 0. The molecule has 3 N–H and O–H groups in total. The van der Waals surface area contributed by atoms with Crippen molar-refractivity contribution in [1.29, 1.82) is 0 Å². The molecule has 0 heterocycles. The predicted molar refractivity (Wildman–Crippen MR) is 81.7 cm³/mol. The molecule has 0 atom stereocenters. The SMILES string of the molecule is Cc1cc(O)ccc1C(C)C.Oc1ccc(Cl)cc1O. The fourth-order valence-electron chi connectivity index (χ4n) is 1.80. The van der Waals surface area contributed by atoms with Gasteiger partial charge >= 0.3 is 0 Å². The van der Waals surface area contributed by atoms with E-state index in [0.29, 0.717) is 16.7 Å². The van der Waals surface area contributed by atoms with E-state index in [1.165, 1.54) is 29.3 Å². The number of benzene rings is 2. The number of aryl methyl sites for hydroxylation is 1. The maximum Gasteiger partial charge on any atom is 0.158 e. The molecule has 2 aromatic rings. The first-order valence-electron chi connectivity index (χ1n) is 6.28. The second kappa shape index (κ2) is 7.06. The van der Waals surface area contributed by atoms with Gasteiger partial charge in [0.2, 0.25) is 0 Å². The number of phenols is 3. The summed E-state index contributed by atoms with van der Waals surface area (Å²) in [5, 5.41) is 27.0. The van der Waals surface area contributed by atoms with Crippen LogP contribution in [0.15, 0.2) is 36.4 Å². The molecular formula is C16H19ClO3. The predicted octanol–water partition coefficient (Wildman–Crippen LogP) is 4.58. The van der Waals surface area contributed by atoms with Crippen molar-refractivity contribution in [3.8, 4) is 17.2 Å². The number of phenolic OH excluding ortho intramolecular Hbond substituents is 3. The highest BCUT2D eigenvalue weighted by atomic mass is 35.5. The normalized spacial score (nSPS) is 10.1. The van der Waals surface area contributed by atoms with E-state index in [9.17, 15) is 0 Å². The third-order valence-corrected chi connectivity index (χ3v) is 3.05. The number of hydrogen-bond donors (Lipinski definition) is 3. The van der Waals surface area contributed by atoms with Gasteiger partial charge in [-0.05, 0) is 48.2 Å². The fraction of sp³-hybridized carbons (Fsp3) is 0.250. The zero-order valence-corrected chi connectivity index (χ0v) is 12.5. The standard InChI is InChI=1S/C10H14O.C6H5ClO2/c1-7(2)10-5-4-9(11)6-8(10)3;7-4-1-2-5(8)6(9)3-4/h4-7,11H,1-3H3;1-3,8-9H. The third-order valence-electron chi connectivity index (χ3n) is 2.81. The van der Waals surface area contributed by atoms with Crippen molar-refractivity contribution in [2.24, 2.45) is 0 Å². The Morgan fingerprint density at radius 1 is 0.900 bits per heavy atom. The van der Waals surface area contributed by atoms with Crippen LogP contribution < -0.4 is 0 Å². The lowest BCUT2D eigenvalue weighted by atomic mass is 9.98. The first kappa shape index (κ1) is 16.2. The molecule has 0 fully saturated rings. The van der Waals surface area contributed by atoms with Crippen LogP contribution in [0.5, 0.6) is 17.2 Å². The van der Waals surface area contributed by atoms with Crippen molar-refractivity contribution in [3.05, 3.63) is 52.5 Å². The number of hydrogen-bond acceptors (Lipinski definition) is 3. The largest absolute Gasteiger partial charge is 0.508 e.